The molecule has 76 heavy (non-hydrogen) atoms. The summed E-state index contributed by atoms with van der Waals surface area (Å²) in [5, 5.41) is 24.1. The van der Waals surface area contributed by atoms with Crippen molar-refractivity contribution in [1.29, 1.82) is 0 Å². The van der Waals surface area contributed by atoms with Gasteiger partial charge in [0.1, 0.15) is 28.9 Å². The molecular weight excluding hydrogens is 1100 g/mol. The predicted molar refractivity (Wildman–Crippen MR) is 305 cm³/mol. The Morgan fingerprint density at radius 3 is 1.41 bits per heavy atom. The zero-order valence-electron chi connectivity index (χ0n) is 42.8. The first-order valence-electron chi connectivity index (χ1n) is 23.7. The van der Waals surface area contributed by atoms with Gasteiger partial charge in [0.2, 0.25) is 11.8 Å². The Morgan fingerprint density at radius 1 is 0.605 bits per heavy atom. The van der Waals surface area contributed by atoms with Crippen LogP contribution in [0.3, 0.4) is 0 Å². The number of pyridine rings is 3. The van der Waals surface area contributed by atoms with E-state index in [1.54, 1.807) is 37.8 Å². The number of aromatic nitrogens is 3. The van der Waals surface area contributed by atoms with E-state index < -0.39 is 5.97 Å². The number of amides is 3. The van der Waals surface area contributed by atoms with Crippen molar-refractivity contribution in [3.05, 3.63) is 171 Å². The molecular formula is C54H59BBrCl3N10O7. The molecule has 3 aliphatic heterocycles. The van der Waals surface area contributed by atoms with Gasteiger partial charge in [-0.15, -0.1) is 0 Å². The van der Waals surface area contributed by atoms with E-state index in [0.717, 1.165) is 55.4 Å². The molecule has 0 bridgehead atoms. The van der Waals surface area contributed by atoms with Crippen LogP contribution in [-0.2, 0) is 46.7 Å². The van der Waals surface area contributed by atoms with Crippen molar-refractivity contribution in [3.63, 3.8) is 0 Å². The molecule has 3 amide bonds. The van der Waals surface area contributed by atoms with E-state index in [4.69, 9.17) is 60.7 Å². The lowest BCUT2D eigenvalue weighted by atomic mass is 9.80. The standard InChI is InChI=1S/C18H17ClN4O2.C12H11ClN2.C11H17BN2O2.C7H6BrCl.C6H8N2O3/c1-23-17(24)9-7-15(22-23)18(25)21-16-8-4-13(11-20-16)10-12-2-5-14(19)6-3-12;13-11-4-1-9(2-5-11)7-10-3-6-12(14)15-8-10;1-10(2)11(3,4)16-12(15-10)8-5-6-9(13)14-7-8;8-5-6-1-3-7(9)4-2-6;1-8-5(9)3-2-4(7-8)6(10)11/h2-6,8,11H,7,9-10H2,1H3,(H,20,21,25);1-6,8H,7H2,(H2,14,15);5-7H,1-4H3,(H2,13,14);1-4H,5H2;2-3H2,1H3,(H,10,11). The summed E-state index contributed by atoms with van der Waals surface area (Å²) in [6, 6.07) is 34.3. The quantitative estimate of drug-likeness (QED) is 0.0782. The van der Waals surface area contributed by atoms with Crippen molar-refractivity contribution >= 4 is 116 Å². The fourth-order valence-electron chi connectivity index (χ4n) is 6.77. The molecule has 398 valence electrons. The van der Waals surface area contributed by atoms with E-state index >= 15 is 0 Å². The van der Waals surface area contributed by atoms with E-state index in [-0.39, 0.29) is 61.0 Å². The van der Waals surface area contributed by atoms with Gasteiger partial charge >= 0.3 is 13.1 Å². The summed E-state index contributed by atoms with van der Waals surface area (Å²) in [6.07, 6.45) is 7.90. The number of anilines is 3. The van der Waals surface area contributed by atoms with Crippen molar-refractivity contribution in [2.45, 2.75) is 82.8 Å². The minimum absolute atomic E-state index is 0.0482. The van der Waals surface area contributed by atoms with Crippen molar-refractivity contribution in [2.75, 3.05) is 30.9 Å². The van der Waals surface area contributed by atoms with Gasteiger partial charge in [0, 0.05) is 84.2 Å². The van der Waals surface area contributed by atoms with Crippen LogP contribution in [0, 0.1) is 0 Å². The third-order valence-corrected chi connectivity index (χ3v) is 13.3. The lowest BCUT2D eigenvalue weighted by Gasteiger charge is -2.32. The molecule has 0 saturated carbocycles. The van der Waals surface area contributed by atoms with Crippen molar-refractivity contribution in [3.8, 4) is 0 Å². The van der Waals surface area contributed by atoms with Crippen molar-refractivity contribution in [1.82, 2.24) is 25.0 Å². The number of nitrogens with one attached hydrogen (secondary N) is 1. The van der Waals surface area contributed by atoms with E-state index in [1.165, 1.54) is 23.2 Å². The normalized spacial score (nSPS) is 15.2. The Morgan fingerprint density at radius 2 is 1.01 bits per heavy atom. The third-order valence-electron chi connectivity index (χ3n) is 11.9. The third kappa shape index (κ3) is 19.1. The zero-order valence-corrected chi connectivity index (χ0v) is 46.7. The van der Waals surface area contributed by atoms with E-state index in [2.05, 4.69) is 46.4 Å². The summed E-state index contributed by atoms with van der Waals surface area (Å²) >= 11 is 20.7. The van der Waals surface area contributed by atoms with Crippen molar-refractivity contribution < 1.29 is 33.6 Å². The first-order valence-corrected chi connectivity index (χ1v) is 26.0. The highest BCUT2D eigenvalue weighted by Gasteiger charge is 2.51. The summed E-state index contributed by atoms with van der Waals surface area (Å²) < 4.78 is 11.8. The molecule has 0 atom stereocenters. The average Bonchev–Trinajstić information content (AvgIpc) is 3.62. The van der Waals surface area contributed by atoms with E-state index in [0.29, 0.717) is 34.6 Å². The molecule has 0 aliphatic carbocycles. The van der Waals surface area contributed by atoms with Gasteiger partial charge in [-0.3, -0.25) is 14.4 Å². The van der Waals surface area contributed by atoms with Crippen LogP contribution in [-0.4, -0.2) is 97.6 Å². The maximum atomic E-state index is 12.2. The fraction of sp³-hybridized carbons (Fsp3) is 0.278. The zero-order chi connectivity index (χ0) is 55.6. The molecule has 9 rings (SSSR count). The SMILES string of the molecule is CC1(C)OB(c2ccc(N)nc2)OC1(C)C.CN1N=C(C(=O)Nc2ccc(Cc3ccc(Cl)cc3)cn2)CCC1=O.CN1N=C(C(=O)O)CCC1=O.Clc1ccc(CBr)cc1.Nc1ccc(Cc2ccc(Cl)cc2)cn1. The summed E-state index contributed by atoms with van der Waals surface area (Å²) in [5.41, 5.74) is 17.5. The number of benzene rings is 3. The summed E-state index contributed by atoms with van der Waals surface area (Å²) in [4.78, 5) is 57.1. The van der Waals surface area contributed by atoms with Crippen LogP contribution < -0.4 is 22.2 Å². The number of carboxylic acids is 1. The van der Waals surface area contributed by atoms with Gasteiger partial charge in [0.05, 0.1) is 11.2 Å². The minimum atomic E-state index is -1.05. The maximum Gasteiger partial charge on any atom is 0.496 e. The van der Waals surface area contributed by atoms with Crippen LogP contribution in [0.5, 0.6) is 0 Å². The molecule has 17 nitrogen and oxygen atoms in total. The Kier molecular flexibility index (Phi) is 22.5. The van der Waals surface area contributed by atoms with E-state index in [1.807, 2.05) is 125 Å². The Hall–Kier alpha value is -6.74. The summed E-state index contributed by atoms with van der Waals surface area (Å²) in [5.74, 6) is -0.125. The van der Waals surface area contributed by atoms with Crippen LogP contribution in [0.4, 0.5) is 17.5 Å². The molecule has 1 saturated heterocycles. The molecule has 22 heteroatoms. The molecule has 6 heterocycles. The number of carbonyl (C=O) groups excluding carboxylic acids is 3. The topological polar surface area (TPSA) is 241 Å². The Balaban J connectivity index is 0.000000184. The Labute approximate surface area is 466 Å². The molecule has 0 radical (unpaired) electrons. The van der Waals surface area contributed by atoms with E-state index in [9.17, 15) is 19.2 Å². The number of aliphatic carboxylic acids is 1. The van der Waals surface area contributed by atoms with Gasteiger partial charge in [0.15, 0.2) is 0 Å². The van der Waals surface area contributed by atoms with Crippen LogP contribution in [0.2, 0.25) is 15.1 Å². The number of alkyl halides is 1. The summed E-state index contributed by atoms with van der Waals surface area (Å²) in [6.45, 7) is 8.10. The number of nitrogen functional groups attached to an aromatic ring is 2. The second-order valence-corrected chi connectivity index (χ2v) is 20.2. The average molecular weight is 1160 g/mol. The minimum Gasteiger partial charge on any atom is -0.477 e. The fourth-order valence-corrected chi connectivity index (χ4v) is 7.53. The molecule has 6 aromatic rings. The molecule has 1 fully saturated rings. The number of nitrogens with two attached hydrogens (primary N) is 2. The van der Waals surface area contributed by atoms with Crippen LogP contribution in [0.15, 0.2) is 138 Å². The highest BCUT2D eigenvalue weighted by atomic mass is 79.9. The maximum absolute atomic E-state index is 12.2. The molecule has 3 aromatic heterocycles. The molecule has 3 aromatic carbocycles. The number of hydrogen-bond donors (Lipinski definition) is 4. The molecule has 0 unspecified atom stereocenters. The number of halogens is 4. The highest BCUT2D eigenvalue weighted by molar-refractivity contribution is 9.08. The van der Waals surface area contributed by atoms with Gasteiger partial charge in [-0.1, -0.05) is 105 Å². The molecule has 3 aliphatic rings. The number of hydrogen-bond acceptors (Lipinski definition) is 13. The largest absolute Gasteiger partial charge is 0.496 e. The lowest BCUT2D eigenvalue weighted by Crippen LogP contribution is -2.41. The van der Waals surface area contributed by atoms with Gasteiger partial charge in [-0.05, 0) is 123 Å². The van der Waals surface area contributed by atoms with Crippen LogP contribution in [0.1, 0.15) is 81.2 Å². The molecule has 6 N–H and O–H groups in total. The van der Waals surface area contributed by atoms with Crippen LogP contribution >= 0.6 is 50.7 Å². The molecule has 0 spiro atoms. The lowest BCUT2D eigenvalue weighted by molar-refractivity contribution is -0.132. The number of carbonyl (C=O) groups is 4. The first kappa shape index (κ1) is 60.1. The van der Waals surface area contributed by atoms with Crippen molar-refractivity contribution in [2.24, 2.45) is 10.2 Å². The number of nitrogens with zero attached hydrogens (tertiary/aromatic N) is 7. The van der Waals surface area contributed by atoms with Gasteiger partial charge < -0.3 is 31.2 Å². The first-order chi connectivity index (χ1) is 36.0. The Bertz CT molecular complexity index is 2900. The second-order valence-electron chi connectivity index (χ2n) is 18.3. The highest BCUT2D eigenvalue weighted by Crippen LogP contribution is 2.36. The van der Waals surface area contributed by atoms with Gasteiger partial charge in [-0.2, -0.15) is 10.2 Å². The van der Waals surface area contributed by atoms with Gasteiger partial charge in [-0.25, -0.2) is 29.8 Å². The predicted octanol–water partition coefficient (Wildman–Crippen LogP) is 9.66. The number of hydrazone groups is 2. The van der Waals surface area contributed by atoms with Crippen LogP contribution in [0.25, 0.3) is 0 Å². The number of carboxylic acid groups (broad SMARTS) is 1. The monoisotopic (exact) mass is 1150 g/mol. The second kappa shape index (κ2) is 28.4. The summed E-state index contributed by atoms with van der Waals surface area (Å²) in [7, 11) is 2.63. The smallest absolute Gasteiger partial charge is 0.477 e. The number of rotatable bonds is 9. The van der Waals surface area contributed by atoms with Gasteiger partial charge in [0.25, 0.3) is 5.91 Å².